The molecule has 0 amide bonds. The van der Waals surface area contributed by atoms with Crippen LogP contribution in [0.5, 0.6) is 0 Å². The standard InChI is InChI=1S/C12H22BNO2.ClH/c1-7(14)13-15-10-6-8-5-9(11(8,2)3)12(10,4)16-13;/h7-10H,5-6,14H2,1-4H3;1H/t7-,8+,9+,10+,12+;/m1./s1. The van der Waals surface area contributed by atoms with Crippen molar-refractivity contribution in [3.8, 4) is 0 Å². The third-order valence-electron chi connectivity index (χ3n) is 5.40. The Kier molecular flexibility index (Phi) is 3.10. The molecule has 0 radical (unpaired) electrons. The first kappa shape index (κ1) is 13.7. The Morgan fingerprint density at radius 3 is 2.47 bits per heavy atom. The molecule has 0 aromatic carbocycles. The van der Waals surface area contributed by atoms with Crippen LogP contribution in [0.2, 0.25) is 0 Å². The van der Waals surface area contributed by atoms with E-state index in [0.717, 1.165) is 12.3 Å². The Bertz CT molecular complexity index is 326. The van der Waals surface area contributed by atoms with Gasteiger partial charge in [-0.05, 0) is 37.0 Å². The summed E-state index contributed by atoms with van der Waals surface area (Å²) in [5, 5.41) is 0. The molecule has 1 saturated heterocycles. The quantitative estimate of drug-likeness (QED) is 0.733. The first-order chi connectivity index (χ1) is 7.35. The second-order valence-electron chi connectivity index (χ2n) is 6.70. The topological polar surface area (TPSA) is 44.5 Å². The normalized spacial score (nSPS) is 47.8. The van der Waals surface area contributed by atoms with Gasteiger partial charge in [-0.1, -0.05) is 20.8 Å². The lowest BCUT2D eigenvalue weighted by molar-refractivity contribution is -0.199. The molecular formula is C12H23BClNO2. The van der Waals surface area contributed by atoms with Crippen molar-refractivity contribution in [2.75, 3.05) is 0 Å². The minimum Gasteiger partial charge on any atom is -0.404 e. The summed E-state index contributed by atoms with van der Waals surface area (Å²) in [5.74, 6) is 1.40. The number of rotatable bonds is 1. The van der Waals surface area contributed by atoms with E-state index in [1.807, 2.05) is 6.92 Å². The van der Waals surface area contributed by atoms with Crippen LogP contribution < -0.4 is 5.73 Å². The summed E-state index contributed by atoms with van der Waals surface area (Å²) in [6.45, 7) is 8.93. The lowest BCUT2D eigenvalue weighted by Gasteiger charge is -2.64. The van der Waals surface area contributed by atoms with Crippen molar-refractivity contribution >= 4 is 19.5 Å². The fourth-order valence-corrected chi connectivity index (χ4v) is 4.13. The molecule has 2 N–H and O–H groups in total. The van der Waals surface area contributed by atoms with Gasteiger partial charge in [0.25, 0.3) is 0 Å². The first-order valence-corrected chi connectivity index (χ1v) is 6.44. The summed E-state index contributed by atoms with van der Waals surface area (Å²) in [7, 11) is -0.204. The van der Waals surface area contributed by atoms with Gasteiger partial charge in [0, 0.05) is 5.94 Å². The van der Waals surface area contributed by atoms with Gasteiger partial charge in [0.2, 0.25) is 0 Å². The van der Waals surface area contributed by atoms with Gasteiger partial charge in [0.1, 0.15) is 0 Å². The summed E-state index contributed by atoms with van der Waals surface area (Å²) in [6.07, 6.45) is 2.71. The summed E-state index contributed by atoms with van der Waals surface area (Å²) in [4.78, 5) is 0. The average Bonchev–Trinajstić information content (AvgIpc) is 2.54. The van der Waals surface area contributed by atoms with E-state index in [1.165, 1.54) is 6.42 Å². The molecule has 4 rings (SSSR count). The fraction of sp³-hybridized carbons (Fsp3) is 1.00. The molecule has 0 aromatic heterocycles. The van der Waals surface area contributed by atoms with Gasteiger partial charge in [-0.2, -0.15) is 0 Å². The van der Waals surface area contributed by atoms with Gasteiger partial charge in [-0.25, -0.2) is 0 Å². The maximum absolute atomic E-state index is 6.15. The molecule has 1 heterocycles. The molecule has 17 heavy (non-hydrogen) atoms. The van der Waals surface area contributed by atoms with Crippen molar-refractivity contribution in [1.82, 2.24) is 0 Å². The number of hydrogen-bond acceptors (Lipinski definition) is 3. The van der Waals surface area contributed by atoms with E-state index in [0.29, 0.717) is 11.3 Å². The van der Waals surface area contributed by atoms with Gasteiger partial charge >= 0.3 is 7.12 Å². The number of nitrogens with two attached hydrogens (primary N) is 1. The molecule has 3 saturated carbocycles. The largest absolute Gasteiger partial charge is 0.475 e. The molecule has 98 valence electrons. The smallest absolute Gasteiger partial charge is 0.404 e. The Hall–Kier alpha value is 0.235. The van der Waals surface area contributed by atoms with Crippen molar-refractivity contribution in [3.05, 3.63) is 0 Å². The molecule has 2 bridgehead atoms. The molecule has 0 aromatic rings. The highest BCUT2D eigenvalue weighted by atomic mass is 35.5. The maximum Gasteiger partial charge on any atom is 0.475 e. The van der Waals surface area contributed by atoms with Gasteiger partial charge in [0.05, 0.1) is 11.7 Å². The van der Waals surface area contributed by atoms with Crippen LogP contribution in [0.15, 0.2) is 0 Å². The lowest BCUT2D eigenvalue weighted by atomic mass is 9.43. The maximum atomic E-state index is 6.15. The van der Waals surface area contributed by atoms with Crippen molar-refractivity contribution in [2.45, 2.75) is 58.2 Å². The molecule has 0 unspecified atom stereocenters. The Balaban J connectivity index is 0.00000108. The van der Waals surface area contributed by atoms with Crippen molar-refractivity contribution < 1.29 is 9.31 Å². The predicted molar refractivity (Wildman–Crippen MR) is 71.0 cm³/mol. The Morgan fingerprint density at radius 1 is 1.29 bits per heavy atom. The third-order valence-corrected chi connectivity index (χ3v) is 5.40. The van der Waals surface area contributed by atoms with Gasteiger partial charge < -0.3 is 15.0 Å². The predicted octanol–water partition coefficient (Wildman–Crippen LogP) is 2.02. The zero-order valence-electron chi connectivity index (χ0n) is 11.1. The van der Waals surface area contributed by atoms with Crippen LogP contribution in [0.25, 0.3) is 0 Å². The van der Waals surface area contributed by atoms with Gasteiger partial charge in [0.15, 0.2) is 0 Å². The highest BCUT2D eigenvalue weighted by molar-refractivity contribution is 6.47. The summed E-state index contributed by atoms with van der Waals surface area (Å²) in [5.41, 5.74) is 6.20. The van der Waals surface area contributed by atoms with Crippen molar-refractivity contribution in [2.24, 2.45) is 23.0 Å². The zero-order valence-corrected chi connectivity index (χ0v) is 11.9. The average molecular weight is 260 g/mol. The SMILES string of the molecule is C[C@@H](N)B1O[C@H]2C[C@@H]3C[C@@H](C3(C)C)[C@]2(C)O1.Cl. The van der Waals surface area contributed by atoms with E-state index in [2.05, 4.69) is 20.8 Å². The van der Waals surface area contributed by atoms with Gasteiger partial charge in [-0.3, -0.25) is 0 Å². The fourth-order valence-electron chi connectivity index (χ4n) is 4.13. The highest BCUT2D eigenvalue weighted by Crippen LogP contribution is 2.65. The monoisotopic (exact) mass is 259 g/mol. The molecule has 1 aliphatic heterocycles. The first-order valence-electron chi connectivity index (χ1n) is 6.44. The van der Waals surface area contributed by atoms with Crippen molar-refractivity contribution in [3.63, 3.8) is 0 Å². The van der Waals surface area contributed by atoms with Crippen LogP contribution in [0, 0.1) is 17.3 Å². The molecule has 5 heteroatoms. The molecule has 0 spiro atoms. The van der Waals surface area contributed by atoms with E-state index in [1.54, 1.807) is 0 Å². The lowest BCUT2D eigenvalue weighted by Crippen LogP contribution is -2.65. The van der Waals surface area contributed by atoms with Crippen LogP contribution in [0.1, 0.15) is 40.5 Å². The van der Waals surface area contributed by atoms with E-state index < -0.39 is 0 Å². The third kappa shape index (κ3) is 1.61. The van der Waals surface area contributed by atoms with Crippen LogP contribution in [-0.4, -0.2) is 24.8 Å². The Labute approximate surface area is 110 Å². The van der Waals surface area contributed by atoms with E-state index in [-0.39, 0.29) is 37.2 Å². The van der Waals surface area contributed by atoms with Crippen LogP contribution in [0.4, 0.5) is 0 Å². The highest BCUT2D eigenvalue weighted by Gasteiger charge is 2.68. The van der Waals surface area contributed by atoms with E-state index in [4.69, 9.17) is 15.0 Å². The molecule has 3 nitrogen and oxygen atoms in total. The minimum absolute atomic E-state index is 0. The summed E-state index contributed by atoms with van der Waals surface area (Å²) >= 11 is 0. The van der Waals surface area contributed by atoms with E-state index in [9.17, 15) is 0 Å². The van der Waals surface area contributed by atoms with Crippen LogP contribution >= 0.6 is 12.4 Å². The molecule has 4 aliphatic rings. The Morgan fingerprint density at radius 2 is 1.94 bits per heavy atom. The van der Waals surface area contributed by atoms with Gasteiger partial charge in [-0.15, -0.1) is 12.4 Å². The van der Waals surface area contributed by atoms with Crippen LogP contribution in [0.3, 0.4) is 0 Å². The molecular weight excluding hydrogens is 236 g/mol. The number of halogens is 1. The molecule has 5 atom stereocenters. The van der Waals surface area contributed by atoms with Crippen molar-refractivity contribution in [1.29, 1.82) is 0 Å². The summed E-state index contributed by atoms with van der Waals surface area (Å²) < 4.78 is 12.1. The second kappa shape index (κ2) is 3.86. The molecule has 4 fully saturated rings. The number of hydrogen-bond donors (Lipinski definition) is 1. The minimum atomic E-state index is -0.204. The second-order valence-corrected chi connectivity index (χ2v) is 6.70. The summed E-state index contributed by atoms with van der Waals surface area (Å²) in [6, 6.07) is 0. The van der Waals surface area contributed by atoms with Crippen LogP contribution in [-0.2, 0) is 9.31 Å². The molecule has 3 aliphatic carbocycles. The van der Waals surface area contributed by atoms with E-state index >= 15 is 0 Å². The zero-order chi connectivity index (χ0) is 11.7.